The number of aromatic nitrogens is 2. The number of rotatable bonds is 7. The van der Waals surface area contributed by atoms with Crippen LogP contribution in [-0.4, -0.2) is 9.97 Å². The molecule has 0 aromatic carbocycles. The number of unbranched alkanes of at least 4 members (excludes halogenated alkanes) is 1. The molecule has 1 rings (SSSR count). The van der Waals surface area contributed by atoms with Gasteiger partial charge < -0.3 is 4.98 Å². The van der Waals surface area contributed by atoms with E-state index in [1.165, 1.54) is 37.8 Å². The number of hydrogen-bond donors (Lipinski definition) is 1. The zero-order valence-electron chi connectivity index (χ0n) is 10.3. The SMILES string of the molecule is CCCCC(C)(C)CCCc1cnc[nH]1. The molecule has 0 atom stereocenters. The van der Waals surface area contributed by atoms with E-state index >= 15 is 0 Å². The number of imidazole rings is 1. The zero-order chi connectivity index (χ0) is 11.1. The minimum absolute atomic E-state index is 0.510. The van der Waals surface area contributed by atoms with E-state index in [1.807, 2.05) is 6.20 Å². The van der Waals surface area contributed by atoms with Crippen LogP contribution in [0.4, 0.5) is 0 Å². The van der Waals surface area contributed by atoms with Crippen molar-refractivity contribution in [1.82, 2.24) is 9.97 Å². The fourth-order valence-corrected chi connectivity index (χ4v) is 1.96. The van der Waals surface area contributed by atoms with Crippen LogP contribution in [0, 0.1) is 5.41 Å². The van der Waals surface area contributed by atoms with Gasteiger partial charge in [0.15, 0.2) is 0 Å². The van der Waals surface area contributed by atoms with Crippen LogP contribution in [0.1, 0.15) is 58.6 Å². The summed E-state index contributed by atoms with van der Waals surface area (Å²) in [4.78, 5) is 7.19. The van der Waals surface area contributed by atoms with E-state index in [0.29, 0.717) is 5.41 Å². The Morgan fingerprint density at radius 2 is 2.00 bits per heavy atom. The highest BCUT2D eigenvalue weighted by Crippen LogP contribution is 2.29. The lowest BCUT2D eigenvalue weighted by molar-refractivity contribution is 0.290. The van der Waals surface area contributed by atoms with E-state index in [2.05, 4.69) is 30.7 Å². The summed E-state index contributed by atoms with van der Waals surface area (Å²) in [6, 6.07) is 0. The number of hydrogen-bond acceptors (Lipinski definition) is 1. The molecule has 0 aliphatic rings. The molecule has 0 fully saturated rings. The summed E-state index contributed by atoms with van der Waals surface area (Å²) in [6.07, 6.45) is 11.4. The van der Waals surface area contributed by atoms with Crippen LogP contribution in [0.15, 0.2) is 12.5 Å². The maximum Gasteiger partial charge on any atom is 0.0921 e. The first-order chi connectivity index (χ1) is 7.14. The van der Waals surface area contributed by atoms with E-state index < -0.39 is 0 Å². The van der Waals surface area contributed by atoms with E-state index in [0.717, 1.165) is 6.42 Å². The van der Waals surface area contributed by atoms with Gasteiger partial charge in [-0.25, -0.2) is 4.98 Å². The van der Waals surface area contributed by atoms with Crippen molar-refractivity contribution in [2.75, 3.05) is 0 Å². The van der Waals surface area contributed by atoms with Crippen LogP contribution >= 0.6 is 0 Å². The van der Waals surface area contributed by atoms with Crippen LogP contribution in [-0.2, 0) is 6.42 Å². The van der Waals surface area contributed by atoms with Crippen molar-refractivity contribution in [3.63, 3.8) is 0 Å². The molecule has 0 amide bonds. The van der Waals surface area contributed by atoms with Crippen molar-refractivity contribution in [3.05, 3.63) is 18.2 Å². The average molecular weight is 208 g/mol. The molecule has 0 radical (unpaired) electrons. The van der Waals surface area contributed by atoms with Crippen LogP contribution in [0.25, 0.3) is 0 Å². The van der Waals surface area contributed by atoms with Gasteiger partial charge in [-0.05, 0) is 31.1 Å². The van der Waals surface area contributed by atoms with Gasteiger partial charge in [0.1, 0.15) is 0 Å². The van der Waals surface area contributed by atoms with Gasteiger partial charge in [-0.2, -0.15) is 0 Å². The lowest BCUT2D eigenvalue weighted by atomic mass is 9.82. The van der Waals surface area contributed by atoms with E-state index in [1.54, 1.807) is 6.33 Å². The molecule has 0 unspecified atom stereocenters. The van der Waals surface area contributed by atoms with Gasteiger partial charge in [0, 0.05) is 11.9 Å². The highest BCUT2D eigenvalue weighted by atomic mass is 14.9. The lowest BCUT2D eigenvalue weighted by Crippen LogP contribution is -2.11. The summed E-state index contributed by atoms with van der Waals surface area (Å²) >= 11 is 0. The molecule has 0 saturated heterocycles. The molecule has 2 nitrogen and oxygen atoms in total. The van der Waals surface area contributed by atoms with Crippen LogP contribution in [0.2, 0.25) is 0 Å². The molecular weight excluding hydrogens is 184 g/mol. The van der Waals surface area contributed by atoms with Gasteiger partial charge in [-0.1, -0.05) is 33.6 Å². The van der Waals surface area contributed by atoms with Gasteiger partial charge in [0.2, 0.25) is 0 Å². The molecule has 1 N–H and O–H groups in total. The molecule has 0 aliphatic heterocycles. The second kappa shape index (κ2) is 5.94. The average Bonchev–Trinajstić information content (AvgIpc) is 2.67. The molecule has 0 aliphatic carbocycles. The molecular formula is C13H24N2. The Morgan fingerprint density at radius 1 is 1.27 bits per heavy atom. The monoisotopic (exact) mass is 208 g/mol. The molecule has 86 valence electrons. The minimum Gasteiger partial charge on any atom is -0.348 e. The minimum atomic E-state index is 0.510. The molecule has 1 heterocycles. The number of aromatic amines is 1. The molecule has 1 aromatic rings. The van der Waals surface area contributed by atoms with Crippen molar-refractivity contribution >= 4 is 0 Å². The highest BCUT2D eigenvalue weighted by molar-refractivity contribution is 4.94. The third kappa shape index (κ3) is 5.01. The third-order valence-electron chi connectivity index (χ3n) is 3.06. The molecule has 0 spiro atoms. The Labute approximate surface area is 93.5 Å². The second-order valence-corrected chi connectivity index (χ2v) is 5.20. The lowest BCUT2D eigenvalue weighted by Gasteiger charge is -2.24. The van der Waals surface area contributed by atoms with Gasteiger partial charge in [0.05, 0.1) is 6.33 Å². The predicted octanol–water partition coefficient (Wildman–Crippen LogP) is 3.95. The summed E-state index contributed by atoms with van der Waals surface area (Å²) in [5, 5.41) is 0. The first-order valence-corrected chi connectivity index (χ1v) is 6.11. The van der Waals surface area contributed by atoms with Crippen LogP contribution in [0.5, 0.6) is 0 Å². The predicted molar refractivity (Wildman–Crippen MR) is 64.8 cm³/mol. The number of nitrogens with one attached hydrogen (secondary N) is 1. The first kappa shape index (κ1) is 12.3. The normalized spacial score (nSPS) is 11.9. The molecule has 0 saturated carbocycles. The van der Waals surface area contributed by atoms with Crippen LogP contribution < -0.4 is 0 Å². The van der Waals surface area contributed by atoms with Gasteiger partial charge >= 0.3 is 0 Å². The van der Waals surface area contributed by atoms with Gasteiger partial charge in [-0.3, -0.25) is 0 Å². The Balaban J connectivity index is 2.18. The second-order valence-electron chi connectivity index (χ2n) is 5.20. The number of H-pyrrole nitrogens is 1. The van der Waals surface area contributed by atoms with Crippen molar-refractivity contribution < 1.29 is 0 Å². The largest absolute Gasteiger partial charge is 0.348 e. The van der Waals surface area contributed by atoms with E-state index in [9.17, 15) is 0 Å². The van der Waals surface area contributed by atoms with Gasteiger partial charge in [-0.15, -0.1) is 0 Å². The molecule has 2 heteroatoms. The number of aryl methyl sites for hydroxylation is 1. The third-order valence-corrected chi connectivity index (χ3v) is 3.06. The molecule has 15 heavy (non-hydrogen) atoms. The van der Waals surface area contributed by atoms with E-state index in [-0.39, 0.29) is 0 Å². The smallest absolute Gasteiger partial charge is 0.0921 e. The van der Waals surface area contributed by atoms with E-state index in [4.69, 9.17) is 0 Å². The Hall–Kier alpha value is -0.790. The van der Waals surface area contributed by atoms with Crippen molar-refractivity contribution in [3.8, 4) is 0 Å². The summed E-state index contributed by atoms with van der Waals surface area (Å²) in [7, 11) is 0. The van der Waals surface area contributed by atoms with Gasteiger partial charge in [0.25, 0.3) is 0 Å². The Kier molecular flexibility index (Phi) is 4.86. The number of nitrogens with zero attached hydrogens (tertiary/aromatic N) is 1. The summed E-state index contributed by atoms with van der Waals surface area (Å²) in [5.41, 5.74) is 1.78. The van der Waals surface area contributed by atoms with Crippen molar-refractivity contribution in [2.24, 2.45) is 5.41 Å². The maximum absolute atomic E-state index is 4.03. The highest BCUT2D eigenvalue weighted by Gasteiger charge is 2.16. The van der Waals surface area contributed by atoms with Crippen LogP contribution in [0.3, 0.4) is 0 Å². The fourth-order valence-electron chi connectivity index (χ4n) is 1.96. The summed E-state index contributed by atoms with van der Waals surface area (Å²) in [5.74, 6) is 0. The fraction of sp³-hybridized carbons (Fsp3) is 0.769. The Bertz CT molecular complexity index is 250. The maximum atomic E-state index is 4.03. The molecule has 1 aromatic heterocycles. The molecule has 0 bridgehead atoms. The quantitative estimate of drug-likeness (QED) is 0.722. The zero-order valence-corrected chi connectivity index (χ0v) is 10.3. The van der Waals surface area contributed by atoms with Crippen molar-refractivity contribution in [1.29, 1.82) is 0 Å². The Morgan fingerprint density at radius 3 is 2.60 bits per heavy atom. The topological polar surface area (TPSA) is 28.7 Å². The van der Waals surface area contributed by atoms with Crippen molar-refractivity contribution in [2.45, 2.75) is 59.3 Å². The summed E-state index contributed by atoms with van der Waals surface area (Å²) < 4.78 is 0. The standard InChI is InChI=1S/C13H24N2/c1-4-5-8-13(2,3)9-6-7-12-10-14-11-15-12/h10-11H,4-9H2,1-3H3,(H,14,15). The first-order valence-electron chi connectivity index (χ1n) is 6.11. The summed E-state index contributed by atoms with van der Waals surface area (Å²) in [6.45, 7) is 7.03.